The molecule has 98 valence electrons. The first-order chi connectivity index (χ1) is 9.08. The standard InChI is InChI=1S/C14H11BrFNO2/c1-19-13-7-11(16)6-12(8-13)17-14(18)9-3-2-4-10(15)5-9/h2-8H,1H3,(H,17,18). The highest BCUT2D eigenvalue weighted by molar-refractivity contribution is 9.10. The summed E-state index contributed by atoms with van der Waals surface area (Å²) in [5.74, 6) is -0.428. The molecule has 0 saturated carbocycles. The third-order valence-electron chi connectivity index (χ3n) is 2.45. The van der Waals surface area contributed by atoms with Crippen LogP contribution in [0.5, 0.6) is 5.75 Å². The van der Waals surface area contributed by atoms with Crippen LogP contribution in [0.15, 0.2) is 46.9 Å². The lowest BCUT2D eigenvalue weighted by Gasteiger charge is -2.08. The second-order valence-corrected chi connectivity index (χ2v) is 4.76. The Morgan fingerprint density at radius 1 is 1.26 bits per heavy atom. The van der Waals surface area contributed by atoms with Crippen LogP contribution in [0.2, 0.25) is 0 Å². The summed E-state index contributed by atoms with van der Waals surface area (Å²) in [5, 5.41) is 2.62. The van der Waals surface area contributed by atoms with Crippen molar-refractivity contribution in [3.8, 4) is 5.75 Å². The summed E-state index contributed by atoms with van der Waals surface area (Å²) in [7, 11) is 1.44. The van der Waals surface area contributed by atoms with Gasteiger partial charge in [-0.1, -0.05) is 22.0 Å². The summed E-state index contributed by atoms with van der Waals surface area (Å²) < 4.78 is 19.0. The molecule has 2 aromatic carbocycles. The molecule has 0 aliphatic carbocycles. The van der Waals surface area contributed by atoms with Crippen LogP contribution in [0.1, 0.15) is 10.4 Å². The highest BCUT2D eigenvalue weighted by Crippen LogP contribution is 2.21. The Labute approximate surface area is 118 Å². The first-order valence-corrected chi connectivity index (χ1v) is 6.29. The highest BCUT2D eigenvalue weighted by atomic mass is 79.9. The predicted octanol–water partition coefficient (Wildman–Crippen LogP) is 3.85. The maximum absolute atomic E-state index is 13.3. The number of ether oxygens (including phenoxy) is 1. The Bertz CT molecular complexity index is 616. The summed E-state index contributed by atoms with van der Waals surface area (Å²) >= 11 is 3.29. The average molecular weight is 324 g/mol. The molecule has 3 nitrogen and oxygen atoms in total. The Hall–Kier alpha value is -1.88. The minimum absolute atomic E-state index is 0.311. The topological polar surface area (TPSA) is 38.3 Å². The number of hydrogen-bond donors (Lipinski definition) is 1. The Morgan fingerprint density at radius 3 is 2.74 bits per heavy atom. The van der Waals surface area contributed by atoms with Crippen molar-refractivity contribution in [3.05, 3.63) is 58.3 Å². The van der Waals surface area contributed by atoms with E-state index in [1.54, 1.807) is 24.3 Å². The fourth-order valence-electron chi connectivity index (χ4n) is 1.59. The van der Waals surface area contributed by atoms with Gasteiger partial charge < -0.3 is 10.1 Å². The maximum Gasteiger partial charge on any atom is 0.255 e. The van der Waals surface area contributed by atoms with Crippen molar-refractivity contribution in [2.24, 2.45) is 0 Å². The lowest BCUT2D eigenvalue weighted by molar-refractivity contribution is 0.102. The fraction of sp³-hybridized carbons (Fsp3) is 0.0714. The van der Waals surface area contributed by atoms with E-state index in [9.17, 15) is 9.18 Å². The number of anilines is 1. The van der Waals surface area contributed by atoms with Gasteiger partial charge in [0.2, 0.25) is 0 Å². The van der Waals surface area contributed by atoms with Crippen LogP contribution >= 0.6 is 15.9 Å². The van der Waals surface area contributed by atoms with E-state index in [0.29, 0.717) is 17.0 Å². The third-order valence-corrected chi connectivity index (χ3v) is 2.94. The first kappa shape index (κ1) is 13.5. The van der Waals surface area contributed by atoms with Gasteiger partial charge in [0.25, 0.3) is 5.91 Å². The van der Waals surface area contributed by atoms with Crippen molar-refractivity contribution in [2.45, 2.75) is 0 Å². The number of hydrogen-bond acceptors (Lipinski definition) is 2. The Balaban J connectivity index is 2.21. The number of amides is 1. The normalized spacial score (nSPS) is 10.1. The van der Waals surface area contributed by atoms with Gasteiger partial charge in [0.1, 0.15) is 11.6 Å². The molecule has 1 amide bonds. The van der Waals surface area contributed by atoms with Gasteiger partial charge >= 0.3 is 0 Å². The quantitative estimate of drug-likeness (QED) is 0.931. The van der Waals surface area contributed by atoms with Crippen LogP contribution in [-0.4, -0.2) is 13.0 Å². The fourth-order valence-corrected chi connectivity index (χ4v) is 1.98. The molecule has 2 rings (SSSR count). The molecular formula is C14H11BrFNO2. The zero-order valence-electron chi connectivity index (χ0n) is 10.1. The number of nitrogens with one attached hydrogen (secondary N) is 1. The largest absolute Gasteiger partial charge is 0.497 e. The minimum Gasteiger partial charge on any atom is -0.497 e. The molecule has 0 saturated heterocycles. The molecule has 0 radical (unpaired) electrons. The predicted molar refractivity (Wildman–Crippen MR) is 75.0 cm³/mol. The van der Waals surface area contributed by atoms with E-state index in [2.05, 4.69) is 21.2 Å². The zero-order valence-corrected chi connectivity index (χ0v) is 11.7. The monoisotopic (exact) mass is 323 g/mol. The lowest BCUT2D eigenvalue weighted by Crippen LogP contribution is -2.12. The number of carbonyl (C=O) groups is 1. The molecule has 1 N–H and O–H groups in total. The minimum atomic E-state index is -0.469. The second-order valence-electron chi connectivity index (χ2n) is 3.84. The van der Waals surface area contributed by atoms with Crippen LogP contribution in [0.3, 0.4) is 0 Å². The van der Waals surface area contributed by atoms with Gasteiger partial charge in [-0.05, 0) is 24.3 Å². The van der Waals surface area contributed by atoms with Crippen LogP contribution in [0.25, 0.3) is 0 Å². The maximum atomic E-state index is 13.3. The number of halogens is 2. The molecule has 0 aliphatic rings. The van der Waals surface area contributed by atoms with Gasteiger partial charge in [-0.15, -0.1) is 0 Å². The van der Waals surface area contributed by atoms with Crippen molar-refractivity contribution >= 4 is 27.5 Å². The number of methoxy groups -OCH3 is 1. The highest BCUT2D eigenvalue weighted by Gasteiger charge is 2.08. The number of benzene rings is 2. The van der Waals surface area contributed by atoms with Crippen molar-refractivity contribution in [1.29, 1.82) is 0 Å². The molecule has 19 heavy (non-hydrogen) atoms. The lowest BCUT2D eigenvalue weighted by atomic mass is 10.2. The molecule has 0 aromatic heterocycles. The van der Waals surface area contributed by atoms with Crippen LogP contribution < -0.4 is 10.1 Å². The zero-order chi connectivity index (χ0) is 13.8. The molecule has 0 atom stereocenters. The van der Waals surface area contributed by atoms with Crippen LogP contribution in [0, 0.1) is 5.82 Å². The molecule has 0 bridgehead atoms. The molecule has 0 spiro atoms. The number of carbonyl (C=O) groups excluding carboxylic acids is 1. The van der Waals surface area contributed by atoms with Crippen molar-refractivity contribution in [2.75, 3.05) is 12.4 Å². The van der Waals surface area contributed by atoms with E-state index in [4.69, 9.17) is 4.74 Å². The van der Waals surface area contributed by atoms with Gasteiger partial charge in [0, 0.05) is 27.9 Å². The molecule has 2 aromatic rings. The van der Waals surface area contributed by atoms with Gasteiger partial charge in [0.15, 0.2) is 0 Å². The van der Waals surface area contributed by atoms with E-state index >= 15 is 0 Å². The smallest absolute Gasteiger partial charge is 0.255 e. The van der Waals surface area contributed by atoms with Crippen LogP contribution in [-0.2, 0) is 0 Å². The van der Waals surface area contributed by atoms with Gasteiger partial charge in [0.05, 0.1) is 7.11 Å². The summed E-state index contributed by atoms with van der Waals surface area (Å²) in [6, 6.07) is 11.0. The summed E-state index contributed by atoms with van der Waals surface area (Å²) in [5.41, 5.74) is 0.833. The molecule has 0 unspecified atom stereocenters. The SMILES string of the molecule is COc1cc(F)cc(NC(=O)c2cccc(Br)c2)c1. The Morgan fingerprint density at radius 2 is 2.05 bits per heavy atom. The van der Waals surface area contributed by atoms with E-state index in [1.807, 2.05) is 6.07 Å². The van der Waals surface area contributed by atoms with Gasteiger partial charge in [-0.2, -0.15) is 0 Å². The number of rotatable bonds is 3. The van der Waals surface area contributed by atoms with Crippen molar-refractivity contribution < 1.29 is 13.9 Å². The van der Waals surface area contributed by atoms with E-state index < -0.39 is 5.82 Å². The van der Waals surface area contributed by atoms with Gasteiger partial charge in [-0.25, -0.2) is 4.39 Å². The molecule has 0 aliphatic heterocycles. The van der Waals surface area contributed by atoms with Crippen molar-refractivity contribution in [1.82, 2.24) is 0 Å². The molecule has 0 fully saturated rings. The van der Waals surface area contributed by atoms with E-state index in [-0.39, 0.29) is 5.91 Å². The summed E-state index contributed by atoms with van der Waals surface area (Å²) in [6.07, 6.45) is 0. The van der Waals surface area contributed by atoms with Gasteiger partial charge in [-0.3, -0.25) is 4.79 Å². The third kappa shape index (κ3) is 3.54. The van der Waals surface area contributed by atoms with Crippen molar-refractivity contribution in [3.63, 3.8) is 0 Å². The van der Waals surface area contributed by atoms with Crippen LogP contribution in [0.4, 0.5) is 10.1 Å². The summed E-state index contributed by atoms with van der Waals surface area (Å²) in [6.45, 7) is 0. The molecular weight excluding hydrogens is 313 g/mol. The first-order valence-electron chi connectivity index (χ1n) is 5.50. The summed E-state index contributed by atoms with van der Waals surface area (Å²) in [4.78, 5) is 12.0. The molecule has 5 heteroatoms. The van der Waals surface area contributed by atoms with E-state index in [1.165, 1.54) is 19.2 Å². The Kier molecular flexibility index (Phi) is 4.16. The van der Waals surface area contributed by atoms with E-state index in [0.717, 1.165) is 4.47 Å². The average Bonchev–Trinajstić information content (AvgIpc) is 2.38. The molecule has 0 heterocycles. The second kappa shape index (κ2) is 5.84.